The number of amides is 1. The fourth-order valence-electron chi connectivity index (χ4n) is 2.02. The molecule has 100 valence electrons. The summed E-state index contributed by atoms with van der Waals surface area (Å²) in [6, 6.07) is 11.1. The number of anilines is 3. The Kier molecular flexibility index (Phi) is 2.87. The molecule has 3 rings (SSSR count). The summed E-state index contributed by atoms with van der Waals surface area (Å²) in [7, 11) is 1.88. The van der Waals surface area contributed by atoms with Gasteiger partial charge in [-0.1, -0.05) is 24.8 Å². The van der Waals surface area contributed by atoms with Crippen LogP contribution >= 0.6 is 0 Å². The summed E-state index contributed by atoms with van der Waals surface area (Å²) in [5.41, 5.74) is 2.11. The number of para-hydroxylation sites is 1. The zero-order valence-corrected chi connectivity index (χ0v) is 11.1. The summed E-state index contributed by atoms with van der Waals surface area (Å²) in [6.45, 7) is 3.87. The average molecular weight is 266 g/mol. The summed E-state index contributed by atoms with van der Waals surface area (Å²) in [4.78, 5) is 18.3. The number of rotatable bonds is 2. The van der Waals surface area contributed by atoms with Crippen molar-refractivity contribution in [3.8, 4) is 0 Å². The quantitative estimate of drug-likeness (QED) is 0.877. The van der Waals surface area contributed by atoms with Crippen molar-refractivity contribution in [1.29, 1.82) is 0 Å². The molecule has 0 unspecified atom stereocenters. The zero-order chi connectivity index (χ0) is 14.1. The molecule has 0 saturated carbocycles. The van der Waals surface area contributed by atoms with E-state index in [4.69, 9.17) is 0 Å². The molecule has 2 N–H and O–H groups in total. The number of benzene rings is 1. The molecule has 0 aliphatic carbocycles. The third-order valence-electron chi connectivity index (χ3n) is 3.19. The Bertz CT molecular complexity index is 682. The van der Waals surface area contributed by atoms with Crippen molar-refractivity contribution < 1.29 is 4.79 Å². The first-order chi connectivity index (χ1) is 9.65. The van der Waals surface area contributed by atoms with Gasteiger partial charge in [0.15, 0.2) is 5.82 Å². The second kappa shape index (κ2) is 4.70. The number of hydrogen-bond acceptors (Lipinski definition) is 4. The predicted molar refractivity (Wildman–Crippen MR) is 79.8 cm³/mol. The van der Waals surface area contributed by atoms with Gasteiger partial charge in [0.1, 0.15) is 5.82 Å². The lowest BCUT2D eigenvalue weighted by atomic mass is 10.2. The third-order valence-corrected chi connectivity index (χ3v) is 3.19. The number of hydrogen-bond donors (Lipinski definition) is 2. The number of fused-ring (bicyclic) bond motifs is 1. The van der Waals surface area contributed by atoms with Crippen molar-refractivity contribution in [2.75, 3.05) is 22.6 Å². The lowest BCUT2D eigenvalue weighted by molar-refractivity contribution is 0.102. The Labute approximate surface area is 116 Å². The van der Waals surface area contributed by atoms with Gasteiger partial charge in [0.05, 0.1) is 11.3 Å². The topological polar surface area (TPSA) is 57.3 Å². The summed E-state index contributed by atoms with van der Waals surface area (Å²) >= 11 is 0. The van der Waals surface area contributed by atoms with Crippen molar-refractivity contribution in [3.05, 3.63) is 60.6 Å². The van der Waals surface area contributed by atoms with E-state index >= 15 is 0 Å². The van der Waals surface area contributed by atoms with E-state index in [0.29, 0.717) is 11.4 Å². The van der Waals surface area contributed by atoms with E-state index < -0.39 is 0 Å². The van der Waals surface area contributed by atoms with E-state index in [1.54, 1.807) is 12.3 Å². The van der Waals surface area contributed by atoms with Crippen molar-refractivity contribution in [3.63, 3.8) is 0 Å². The summed E-state index contributed by atoms with van der Waals surface area (Å²) in [5, 5.41) is 5.89. The molecule has 2 heterocycles. The molecule has 1 amide bonds. The van der Waals surface area contributed by atoms with Crippen LogP contribution in [-0.2, 0) is 0 Å². The van der Waals surface area contributed by atoms with Crippen LogP contribution in [0.5, 0.6) is 0 Å². The fourth-order valence-corrected chi connectivity index (χ4v) is 2.02. The molecule has 0 atom stereocenters. The highest BCUT2D eigenvalue weighted by Gasteiger charge is 2.21. The van der Waals surface area contributed by atoms with Gasteiger partial charge in [-0.05, 0) is 18.2 Å². The molecule has 0 fully saturated rings. The molecule has 5 nitrogen and oxygen atoms in total. The maximum Gasteiger partial charge on any atom is 0.257 e. The predicted octanol–water partition coefficient (Wildman–Crippen LogP) is 2.67. The Morgan fingerprint density at radius 3 is 2.85 bits per heavy atom. The fraction of sp³-hybridized carbons (Fsp3) is 0.0667. The molecular formula is C15H14N4O. The van der Waals surface area contributed by atoms with E-state index in [-0.39, 0.29) is 5.91 Å². The van der Waals surface area contributed by atoms with Gasteiger partial charge in [-0.15, -0.1) is 0 Å². The molecule has 0 saturated heterocycles. The molecule has 1 aliphatic heterocycles. The second-order valence-electron chi connectivity index (χ2n) is 4.54. The summed E-state index contributed by atoms with van der Waals surface area (Å²) in [6.07, 6.45) is 1.55. The molecule has 20 heavy (non-hydrogen) atoms. The number of aromatic nitrogens is 1. The van der Waals surface area contributed by atoms with Gasteiger partial charge < -0.3 is 15.5 Å². The molecule has 5 heteroatoms. The monoisotopic (exact) mass is 266 g/mol. The summed E-state index contributed by atoms with van der Waals surface area (Å²) in [5.74, 6) is 1.28. The highest BCUT2D eigenvalue weighted by Crippen LogP contribution is 2.33. The highest BCUT2D eigenvalue weighted by molar-refractivity contribution is 6.05. The van der Waals surface area contributed by atoms with E-state index in [9.17, 15) is 4.79 Å². The molecule has 0 bridgehead atoms. The van der Waals surface area contributed by atoms with Gasteiger partial charge in [0.2, 0.25) is 0 Å². The molecule has 0 radical (unpaired) electrons. The van der Waals surface area contributed by atoms with E-state index in [1.807, 2.05) is 42.3 Å². The van der Waals surface area contributed by atoms with E-state index in [1.165, 1.54) is 0 Å². The molecule has 1 aromatic heterocycles. The number of nitrogens with zero attached hydrogens (tertiary/aromatic N) is 2. The van der Waals surface area contributed by atoms with Gasteiger partial charge in [-0.2, -0.15) is 0 Å². The molecule has 1 aliphatic rings. The van der Waals surface area contributed by atoms with Gasteiger partial charge in [0, 0.05) is 18.9 Å². The van der Waals surface area contributed by atoms with Gasteiger partial charge in [0.25, 0.3) is 5.91 Å². The lowest BCUT2D eigenvalue weighted by Crippen LogP contribution is -2.14. The molecule has 1 aromatic carbocycles. The number of nitrogens with one attached hydrogen (secondary N) is 2. The first-order valence-electron chi connectivity index (χ1n) is 6.21. The van der Waals surface area contributed by atoms with Crippen LogP contribution in [0.1, 0.15) is 10.4 Å². The minimum absolute atomic E-state index is 0.183. The van der Waals surface area contributed by atoms with E-state index in [0.717, 1.165) is 17.2 Å². The van der Waals surface area contributed by atoms with Gasteiger partial charge in [-0.3, -0.25) is 4.79 Å². The maximum absolute atomic E-state index is 12.2. The number of pyridine rings is 1. The Hall–Kier alpha value is -2.82. The first-order valence-corrected chi connectivity index (χ1v) is 6.21. The smallest absolute Gasteiger partial charge is 0.257 e. The van der Waals surface area contributed by atoms with Crippen LogP contribution in [0.2, 0.25) is 0 Å². The Morgan fingerprint density at radius 1 is 1.35 bits per heavy atom. The highest BCUT2D eigenvalue weighted by atomic mass is 16.1. The first kappa shape index (κ1) is 12.2. The average Bonchev–Trinajstić information content (AvgIpc) is 2.75. The minimum Gasteiger partial charge on any atom is -0.328 e. The third kappa shape index (κ3) is 2.09. The summed E-state index contributed by atoms with van der Waals surface area (Å²) < 4.78 is 0. The molecule has 2 aromatic rings. The van der Waals surface area contributed by atoms with E-state index in [2.05, 4.69) is 22.2 Å². The largest absolute Gasteiger partial charge is 0.328 e. The number of carbonyl (C=O) groups is 1. The van der Waals surface area contributed by atoms with Crippen molar-refractivity contribution in [1.82, 2.24) is 4.98 Å². The molecule has 0 spiro atoms. The maximum atomic E-state index is 12.2. The standard InChI is InChI=1S/C15H14N4O/c1-10-17-14-13(19(10)2)8-11(9-16-14)15(20)18-12-6-4-3-5-7-12/h3-9H,1H2,2H3,(H,16,17)(H,18,20). The number of carbonyl (C=O) groups excluding carboxylic acids is 1. The van der Waals surface area contributed by atoms with Gasteiger partial charge in [-0.25, -0.2) is 4.98 Å². The van der Waals surface area contributed by atoms with Crippen LogP contribution in [0.25, 0.3) is 0 Å². The van der Waals surface area contributed by atoms with Crippen LogP contribution in [0.15, 0.2) is 55.0 Å². The Balaban J connectivity index is 1.85. The minimum atomic E-state index is -0.183. The molecular weight excluding hydrogens is 252 g/mol. The van der Waals surface area contributed by atoms with Crippen LogP contribution in [0, 0.1) is 0 Å². The van der Waals surface area contributed by atoms with Crippen LogP contribution < -0.4 is 15.5 Å². The Morgan fingerprint density at radius 2 is 2.10 bits per heavy atom. The van der Waals surface area contributed by atoms with Crippen LogP contribution in [0.3, 0.4) is 0 Å². The van der Waals surface area contributed by atoms with Crippen LogP contribution in [-0.4, -0.2) is 17.9 Å². The SMILES string of the molecule is C=C1Nc2ncc(C(=O)Nc3ccccc3)cc2N1C. The normalized spacial score (nSPS) is 12.8. The lowest BCUT2D eigenvalue weighted by Gasteiger charge is -2.11. The van der Waals surface area contributed by atoms with Gasteiger partial charge >= 0.3 is 0 Å². The van der Waals surface area contributed by atoms with Crippen molar-refractivity contribution in [2.24, 2.45) is 0 Å². The zero-order valence-electron chi connectivity index (χ0n) is 11.1. The second-order valence-corrected chi connectivity index (χ2v) is 4.54. The van der Waals surface area contributed by atoms with Crippen molar-refractivity contribution >= 4 is 23.1 Å². The van der Waals surface area contributed by atoms with Crippen LogP contribution in [0.4, 0.5) is 17.2 Å². The van der Waals surface area contributed by atoms with Crippen molar-refractivity contribution in [2.45, 2.75) is 0 Å².